The van der Waals surface area contributed by atoms with Crippen molar-refractivity contribution in [3.05, 3.63) is 88.5 Å². The van der Waals surface area contributed by atoms with Gasteiger partial charge in [-0.25, -0.2) is 0 Å². The zero-order chi connectivity index (χ0) is 18.0. The molecule has 0 aliphatic carbocycles. The van der Waals surface area contributed by atoms with Crippen LogP contribution in [0.3, 0.4) is 0 Å². The third-order valence-corrected chi connectivity index (χ3v) is 5.01. The second-order valence-corrected chi connectivity index (χ2v) is 7.04. The molecule has 124 valence electrons. The van der Waals surface area contributed by atoms with Gasteiger partial charge in [0, 0.05) is 4.90 Å². The molecule has 24 heavy (non-hydrogen) atoms. The second kappa shape index (κ2) is 7.27. The molecule has 0 saturated carbocycles. The summed E-state index contributed by atoms with van der Waals surface area (Å²) in [5.41, 5.74) is 10.5. The Morgan fingerprint density at radius 1 is 0.750 bits per heavy atom. The standard InChI is InChI=1S/C23H26S/c1-14-8-9-15(2)22(12-14)19(6)17(4)18(5)20(7)23-13-21(24)11-10-16(23)3/h8-13,24H,6-7H2,1-5H3/b18-17+. The molecule has 0 bridgehead atoms. The fourth-order valence-electron chi connectivity index (χ4n) is 2.85. The molecule has 0 aliphatic rings. The van der Waals surface area contributed by atoms with E-state index in [1.54, 1.807) is 0 Å². The summed E-state index contributed by atoms with van der Waals surface area (Å²) < 4.78 is 0. The molecular weight excluding hydrogens is 308 g/mol. The largest absolute Gasteiger partial charge is 0.143 e. The van der Waals surface area contributed by atoms with Crippen molar-refractivity contribution < 1.29 is 0 Å². The minimum atomic E-state index is 0.954. The first-order chi connectivity index (χ1) is 11.2. The van der Waals surface area contributed by atoms with Crippen molar-refractivity contribution in [3.8, 4) is 0 Å². The molecule has 2 aromatic carbocycles. The van der Waals surface area contributed by atoms with Crippen LogP contribution in [0.2, 0.25) is 0 Å². The van der Waals surface area contributed by atoms with E-state index in [0.29, 0.717) is 0 Å². The van der Waals surface area contributed by atoms with E-state index < -0.39 is 0 Å². The lowest BCUT2D eigenvalue weighted by atomic mass is 9.88. The van der Waals surface area contributed by atoms with Crippen molar-refractivity contribution in [2.45, 2.75) is 39.5 Å². The van der Waals surface area contributed by atoms with Crippen LogP contribution < -0.4 is 0 Å². The molecule has 2 rings (SSSR count). The van der Waals surface area contributed by atoms with Gasteiger partial charge >= 0.3 is 0 Å². The Bertz CT molecular complexity index is 779. The highest BCUT2D eigenvalue weighted by Crippen LogP contribution is 2.33. The second-order valence-electron chi connectivity index (χ2n) is 6.52. The van der Waals surface area contributed by atoms with Gasteiger partial charge in [-0.1, -0.05) is 43.0 Å². The van der Waals surface area contributed by atoms with Gasteiger partial charge in [-0.05, 0) is 91.3 Å². The Hall–Kier alpha value is -1.99. The average Bonchev–Trinajstić information content (AvgIpc) is 2.56. The summed E-state index contributed by atoms with van der Waals surface area (Å²) in [6.45, 7) is 19.3. The minimum absolute atomic E-state index is 0.954. The number of rotatable bonds is 4. The highest BCUT2D eigenvalue weighted by atomic mass is 32.1. The third-order valence-electron chi connectivity index (χ3n) is 4.73. The Balaban J connectivity index is 2.46. The SMILES string of the molecule is C=C(/C(C)=C(\C)C(=C)c1cc(S)ccc1C)c1cc(C)ccc1C. The minimum Gasteiger partial charge on any atom is -0.143 e. The number of aryl methyl sites for hydroxylation is 3. The Morgan fingerprint density at radius 3 is 1.75 bits per heavy atom. The van der Waals surface area contributed by atoms with Crippen LogP contribution in [0.5, 0.6) is 0 Å². The fraction of sp³-hybridized carbons (Fsp3) is 0.217. The Morgan fingerprint density at radius 2 is 1.21 bits per heavy atom. The molecule has 0 N–H and O–H groups in total. The first-order valence-electron chi connectivity index (χ1n) is 8.16. The van der Waals surface area contributed by atoms with Crippen LogP contribution in [-0.4, -0.2) is 0 Å². The van der Waals surface area contributed by atoms with E-state index in [9.17, 15) is 0 Å². The predicted molar refractivity (Wildman–Crippen MR) is 111 cm³/mol. The summed E-state index contributed by atoms with van der Waals surface area (Å²) in [5, 5.41) is 0. The lowest BCUT2D eigenvalue weighted by molar-refractivity contribution is 1.30. The van der Waals surface area contributed by atoms with Crippen LogP contribution in [0, 0.1) is 20.8 Å². The van der Waals surface area contributed by atoms with Crippen molar-refractivity contribution in [2.75, 3.05) is 0 Å². The first-order valence-corrected chi connectivity index (χ1v) is 8.60. The molecule has 0 atom stereocenters. The van der Waals surface area contributed by atoms with E-state index in [-0.39, 0.29) is 0 Å². The molecule has 0 unspecified atom stereocenters. The number of allylic oxidation sites excluding steroid dienone is 4. The van der Waals surface area contributed by atoms with Gasteiger partial charge in [0.25, 0.3) is 0 Å². The van der Waals surface area contributed by atoms with Crippen molar-refractivity contribution in [2.24, 2.45) is 0 Å². The lowest BCUT2D eigenvalue weighted by Crippen LogP contribution is -1.96. The molecular formula is C23H26S. The van der Waals surface area contributed by atoms with Crippen LogP contribution in [0.25, 0.3) is 11.1 Å². The number of thiol groups is 1. The molecule has 0 nitrogen and oxygen atoms in total. The summed E-state index contributed by atoms with van der Waals surface area (Å²) in [6, 6.07) is 12.7. The van der Waals surface area contributed by atoms with Crippen LogP contribution in [0.1, 0.15) is 41.7 Å². The summed E-state index contributed by atoms with van der Waals surface area (Å²) in [4.78, 5) is 0.954. The van der Waals surface area contributed by atoms with Crippen LogP contribution in [0.15, 0.2) is 65.6 Å². The third kappa shape index (κ3) is 3.73. The Kier molecular flexibility index (Phi) is 5.56. The molecule has 0 radical (unpaired) electrons. The molecule has 0 fully saturated rings. The van der Waals surface area contributed by atoms with Crippen molar-refractivity contribution in [1.82, 2.24) is 0 Å². The van der Waals surface area contributed by atoms with E-state index in [0.717, 1.165) is 21.6 Å². The van der Waals surface area contributed by atoms with Gasteiger partial charge in [-0.2, -0.15) is 0 Å². The predicted octanol–water partition coefficient (Wildman–Crippen LogP) is 6.96. The molecule has 0 amide bonds. The van der Waals surface area contributed by atoms with Crippen LogP contribution in [0.4, 0.5) is 0 Å². The van der Waals surface area contributed by atoms with Gasteiger partial charge in [-0.3, -0.25) is 0 Å². The first kappa shape index (κ1) is 18.4. The lowest BCUT2D eigenvalue weighted by Gasteiger charge is -2.17. The van der Waals surface area contributed by atoms with Crippen molar-refractivity contribution in [1.29, 1.82) is 0 Å². The summed E-state index contributed by atoms with van der Waals surface area (Å²) >= 11 is 4.46. The van der Waals surface area contributed by atoms with E-state index in [1.807, 2.05) is 6.07 Å². The quantitative estimate of drug-likeness (QED) is 0.453. The summed E-state index contributed by atoms with van der Waals surface area (Å²) in [6.07, 6.45) is 0. The molecule has 0 spiro atoms. The van der Waals surface area contributed by atoms with E-state index >= 15 is 0 Å². The monoisotopic (exact) mass is 334 g/mol. The topological polar surface area (TPSA) is 0 Å². The fourth-order valence-corrected chi connectivity index (χ4v) is 3.06. The maximum Gasteiger partial charge on any atom is 0.00463 e. The molecule has 1 heteroatoms. The highest BCUT2D eigenvalue weighted by molar-refractivity contribution is 7.80. The van der Waals surface area contributed by atoms with Gasteiger partial charge in [0.1, 0.15) is 0 Å². The van der Waals surface area contributed by atoms with Gasteiger partial charge in [-0.15, -0.1) is 12.6 Å². The average molecular weight is 335 g/mol. The zero-order valence-electron chi connectivity index (χ0n) is 15.3. The van der Waals surface area contributed by atoms with Gasteiger partial charge in [0.2, 0.25) is 0 Å². The summed E-state index contributed by atoms with van der Waals surface area (Å²) in [7, 11) is 0. The highest BCUT2D eigenvalue weighted by Gasteiger charge is 2.12. The van der Waals surface area contributed by atoms with Gasteiger partial charge in [0.05, 0.1) is 0 Å². The van der Waals surface area contributed by atoms with Crippen molar-refractivity contribution in [3.63, 3.8) is 0 Å². The molecule has 2 aromatic rings. The summed E-state index contributed by atoms with van der Waals surface area (Å²) in [5.74, 6) is 0. The van der Waals surface area contributed by atoms with Gasteiger partial charge in [0.15, 0.2) is 0 Å². The van der Waals surface area contributed by atoms with E-state index in [1.165, 1.54) is 33.4 Å². The molecule has 0 aromatic heterocycles. The number of benzene rings is 2. The van der Waals surface area contributed by atoms with E-state index in [4.69, 9.17) is 0 Å². The normalized spacial score (nSPS) is 11.9. The number of hydrogen-bond acceptors (Lipinski definition) is 1. The number of hydrogen-bond donors (Lipinski definition) is 1. The van der Waals surface area contributed by atoms with Crippen molar-refractivity contribution >= 4 is 23.8 Å². The van der Waals surface area contributed by atoms with Gasteiger partial charge < -0.3 is 0 Å². The zero-order valence-corrected chi connectivity index (χ0v) is 16.2. The molecule has 0 aliphatic heterocycles. The maximum atomic E-state index is 4.46. The molecule has 0 heterocycles. The van der Waals surface area contributed by atoms with E-state index in [2.05, 4.69) is 90.7 Å². The van der Waals surface area contributed by atoms with Crippen LogP contribution >= 0.6 is 12.6 Å². The molecule has 0 saturated heterocycles. The smallest absolute Gasteiger partial charge is 0.00463 e. The van der Waals surface area contributed by atoms with Crippen LogP contribution in [-0.2, 0) is 0 Å². The Labute approximate surface area is 152 Å². The maximum absolute atomic E-state index is 4.46.